The Hall–Kier alpha value is -2.24. The van der Waals surface area contributed by atoms with Crippen LogP contribution in [-0.2, 0) is 4.74 Å². The van der Waals surface area contributed by atoms with Gasteiger partial charge < -0.3 is 4.74 Å². The fourth-order valence-electron chi connectivity index (χ4n) is 4.11. The van der Waals surface area contributed by atoms with Gasteiger partial charge in [0, 0.05) is 19.7 Å². The smallest absolute Gasteiger partial charge is 0.276 e. The molecule has 1 fully saturated rings. The van der Waals surface area contributed by atoms with Crippen LogP contribution in [0.3, 0.4) is 0 Å². The third kappa shape index (κ3) is 3.26. The second kappa shape index (κ2) is 7.41. The maximum Gasteiger partial charge on any atom is 0.276 e. The number of carbonyl (C=O) groups excluding carboxylic acids is 2. The molecular formula is C22H26N2O3. The van der Waals surface area contributed by atoms with E-state index < -0.39 is 0 Å². The number of carbonyl (C=O) groups is 2. The van der Waals surface area contributed by atoms with E-state index in [-0.39, 0.29) is 17.9 Å². The average molecular weight is 366 g/mol. The number of nitrogens with zero attached hydrogens (tertiary/aromatic N) is 2. The highest BCUT2D eigenvalue weighted by Gasteiger charge is 2.41. The van der Waals surface area contributed by atoms with E-state index in [2.05, 4.69) is 13.8 Å². The van der Waals surface area contributed by atoms with Gasteiger partial charge in [-0.2, -0.15) is 0 Å². The molecule has 2 aliphatic rings. The van der Waals surface area contributed by atoms with Gasteiger partial charge in [-0.3, -0.25) is 9.59 Å². The molecule has 0 radical (unpaired) electrons. The molecule has 0 aliphatic carbocycles. The van der Waals surface area contributed by atoms with Crippen molar-refractivity contribution in [1.82, 2.24) is 10.0 Å². The molecule has 2 aromatic carbocycles. The standard InChI is InChI=1S/C22H26N2O3/c1-3-4-11-23(13-17-12-15(2)14-27-17)24-21(25)19-10-9-16-7-5-6-8-18(16)20(19)22(24)26/h5-10,15,17H,3-4,11-14H2,1-2H3. The summed E-state index contributed by atoms with van der Waals surface area (Å²) in [6.07, 6.45) is 2.97. The zero-order chi connectivity index (χ0) is 19.0. The molecule has 2 atom stereocenters. The summed E-state index contributed by atoms with van der Waals surface area (Å²) in [5.74, 6) is 0.0889. The molecule has 2 amide bonds. The van der Waals surface area contributed by atoms with E-state index in [1.54, 1.807) is 6.07 Å². The Balaban J connectivity index is 1.67. The third-order valence-corrected chi connectivity index (χ3v) is 5.51. The Labute approximate surface area is 159 Å². The van der Waals surface area contributed by atoms with Crippen LogP contribution in [0, 0.1) is 5.92 Å². The van der Waals surface area contributed by atoms with Crippen LogP contribution in [-0.4, -0.2) is 47.6 Å². The topological polar surface area (TPSA) is 49.9 Å². The van der Waals surface area contributed by atoms with E-state index in [4.69, 9.17) is 4.74 Å². The highest BCUT2D eigenvalue weighted by molar-refractivity contribution is 6.26. The summed E-state index contributed by atoms with van der Waals surface area (Å²) in [6.45, 7) is 6.29. The number of amides is 2. The van der Waals surface area contributed by atoms with Crippen LogP contribution in [0.5, 0.6) is 0 Å². The van der Waals surface area contributed by atoms with Crippen LogP contribution in [0.4, 0.5) is 0 Å². The molecule has 1 saturated heterocycles. The van der Waals surface area contributed by atoms with E-state index in [1.807, 2.05) is 35.3 Å². The van der Waals surface area contributed by atoms with Gasteiger partial charge in [0.25, 0.3) is 11.8 Å². The van der Waals surface area contributed by atoms with Gasteiger partial charge in [-0.25, -0.2) is 10.0 Å². The van der Waals surface area contributed by atoms with Crippen LogP contribution in [0.2, 0.25) is 0 Å². The van der Waals surface area contributed by atoms with Gasteiger partial charge in [-0.05, 0) is 35.6 Å². The Bertz CT molecular complexity index is 879. The molecule has 0 aromatic heterocycles. The van der Waals surface area contributed by atoms with Gasteiger partial charge in [-0.1, -0.05) is 50.6 Å². The first-order chi connectivity index (χ1) is 13.1. The maximum absolute atomic E-state index is 13.3. The summed E-state index contributed by atoms with van der Waals surface area (Å²) in [6, 6.07) is 11.4. The number of imide groups is 1. The lowest BCUT2D eigenvalue weighted by Crippen LogP contribution is -2.49. The molecule has 4 rings (SSSR count). The van der Waals surface area contributed by atoms with Crippen molar-refractivity contribution in [3.05, 3.63) is 47.5 Å². The summed E-state index contributed by atoms with van der Waals surface area (Å²) in [7, 11) is 0. The first-order valence-corrected chi connectivity index (χ1v) is 9.87. The van der Waals surface area contributed by atoms with E-state index in [9.17, 15) is 9.59 Å². The number of hydrazine groups is 1. The van der Waals surface area contributed by atoms with Crippen molar-refractivity contribution in [2.45, 2.75) is 39.2 Å². The lowest BCUT2D eigenvalue weighted by Gasteiger charge is -2.31. The van der Waals surface area contributed by atoms with Crippen molar-refractivity contribution in [1.29, 1.82) is 0 Å². The number of unbranched alkanes of at least 4 members (excludes halogenated alkanes) is 1. The van der Waals surface area contributed by atoms with Crippen LogP contribution in [0.25, 0.3) is 10.8 Å². The zero-order valence-corrected chi connectivity index (χ0v) is 16.0. The Morgan fingerprint density at radius 1 is 1.15 bits per heavy atom. The van der Waals surface area contributed by atoms with Crippen LogP contribution in [0.1, 0.15) is 53.8 Å². The fourth-order valence-corrected chi connectivity index (χ4v) is 4.11. The number of benzene rings is 2. The summed E-state index contributed by atoms with van der Waals surface area (Å²) < 4.78 is 5.86. The zero-order valence-electron chi connectivity index (χ0n) is 16.0. The van der Waals surface area contributed by atoms with Gasteiger partial charge in [0.05, 0.1) is 17.2 Å². The van der Waals surface area contributed by atoms with E-state index in [1.165, 1.54) is 5.01 Å². The lowest BCUT2D eigenvalue weighted by molar-refractivity contribution is -0.0245. The first kappa shape index (κ1) is 18.1. The van der Waals surface area contributed by atoms with Gasteiger partial charge in [0.1, 0.15) is 0 Å². The van der Waals surface area contributed by atoms with Crippen molar-refractivity contribution in [2.24, 2.45) is 5.92 Å². The second-order valence-corrected chi connectivity index (χ2v) is 7.69. The van der Waals surface area contributed by atoms with Gasteiger partial charge >= 0.3 is 0 Å². The van der Waals surface area contributed by atoms with Gasteiger partial charge in [0.2, 0.25) is 0 Å². The van der Waals surface area contributed by atoms with Crippen molar-refractivity contribution in [2.75, 3.05) is 19.7 Å². The largest absolute Gasteiger partial charge is 0.377 e. The average Bonchev–Trinajstić information content (AvgIpc) is 3.19. The van der Waals surface area contributed by atoms with E-state index in [0.717, 1.165) is 36.6 Å². The molecule has 0 bridgehead atoms. The molecule has 0 saturated carbocycles. The fraction of sp³-hybridized carbons (Fsp3) is 0.455. The molecule has 2 heterocycles. The Morgan fingerprint density at radius 2 is 1.96 bits per heavy atom. The highest BCUT2D eigenvalue weighted by Crippen LogP contribution is 2.32. The van der Waals surface area contributed by atoms with Gasteiger partial charge in [0.15, 0.2) is 0 Å². The summed E-state index contributed by atoms with van der Waals surface area (Å²) in [4.78, 5) is 26.4. The highest BCUT2D eigenvalue weighted by atomic mass is 16.5. The molecule has 27 heavy (non-hydrogen) atoms. The number of fused-ring (bicyclic) bond motifs is 3. The molecule has 142 valence electrons. The van der Waals surface area contributed by atoms with Crippen LogP contribution in [0.15, 0.2) is 36.4 Å². The number of hydrogen-bond donors (Lipinski definition) is 0. The minimum atomic E-state index is -0.220. The maximum atomic E-state index is 13.3. The lowest BCUT2D eigenvalue weighted by atomic mass is 10.0. The minimum absolute atomic E-state index is 0.0675. The predicted octanol–water partition coefficient (Wildman–Crippen LogP) is 3.88. The van der Waals surface area contributed by atoms with E-state index in [0.29, 0.717) is 30.1 Å². The molecule has 5 nitrogen and oxygen atoms in total. The number of hydrogen-bond acceptors (Lipinski definition) is 4. The Morgan fingerprint density at radius 3 is 2.70 bits per heavy atom. The molecule has 2 unspecified atom stereocenters. The summed E-state index contributed by atoms with van der Waals surface area (Å²) in [5, 5.41) is 5.09. The molecule has 2 aliphatic heterocycles. The van der Waals surface area contributed by atoms with Crippen molar-refractivity contribution < 1.29 is 14.3 Å². The van der Waals surface area contributed by atoms with Crippen molar-refractivity contribution >= 4 is 22.6 Å². The Kier molecular flexibility index (Phi) is 4.98. The number of rotatable bonds is 6. The quantitative estimate of drug-likeness (QED) is 0.728. The van der Waals surface area contributed by atoms with Gasteiger partial charge in [-0.15, -0.1) is 0 Å². The molecule has 5 heteroatoms. The summed E-state index contributed by atoms with van der Waals surface area (Å²) in [5.41, 5.74) is 1.03. The minimum Gasteiger partial charge on any atom is -0.377 e. The number of ether oxygens (including phenoxy) is 1. The van der Waals surface area contributed by atoms with Crippen LogP contribution >= 0.6 is 0 Å². The van der Waals surface area contributed by atoms with E-state index >= 15 is 0 Å². The molecule has 0 N–H and O–H groups in total. The third-order valence-electron chi connectivity index (χ3n) is 5.51. The SMILES string of the molecule is CCCCN(CC1CC(C)CO1)N1C(=O)c2ccc3ccccc3c2C1=O. The molecular weight excluding hydrogens is 340 g/mol. The summed E-state index contributed by atoms with van der Waals surface area (Å²) >= 11 is 0. The molecule has 0 spiro atoms. The first-order valence-electron chi connectivity index (χ1n) is 9.87. The second-order valence-electron chi connectivity index (χ2n) is 7.69. The molecule has 2 aromatic rings. The predicted molar refractivity (Wildman–Crippen MR) is 104 cm³/mol. The van der Waals surface area contributed by atoms with Crippen molar-refractivity contribution in [3.8, 4) is 0 Å². The monoisotopic (exact) mass is 366 g/mol. The normalized spacial score (nSPS) is 22.3. The van der Waals surface area contributed by atoms with Crippen molar-refractivity contribution in [3.63, 3.8) is 0 Å². The van der Waals surface area contributed by atoms with Crippen LogP contribution < -0.4 is 0 Å².